The van der Waals surface area contributed by atoms with Crippen molar-refractivity contribution in [3.8, 4) is 11.5 Å². The minimum absolute atomic E-state index is 0.311. The second-order valence-electron chi connectivity index (χ2n) is 4.44. The van der Waals surface area contributed by atoms with Gasteiger partial charge in [0.1, 0.15) is 11.5 Å². The lowest BCUT2D eigenvalue weighted by Gasteiger charge is -2.05. The van der Waals surface area contributed by atoms with Crippen LogP contribution in [-0.2, 0) is 4.74 Å². The van der Waals surface area contributed by atoms with Crippen molar-refractivity contribution in [3.05, 3.63) is 47.5 Å². The van der Waals surface area contributed by atoms with E-state index in [-0.39, 0.29) is 0 Å². The summed E-state index contributed by atoms with van der Waals surface area (Å²) in [7, 11) is 1.29. The number of amides is 1. The number of carbonyl (C=O) groups excluding carboxylic acids is 1. The molecular weight excluding hydrogens is 306 g/mol. The van der Waals surface area contributed by atoms with Crippen molar-refractivity contribution >= 4 is 34.7 Å². The summed E-state index contributed by atoms with van der Waals surface area (Å²) >= 11 is 5.84. The number of fused-ring (bicyclic) bond motifs is 1. The number of nitrogens with one attached hydrogen (secondary N) is 2. The number of H-pyrrole nitrogens is 1. The maximum Gasteiger partial charge on any atom is 0.413 e. The Bertz CT molecular complexity index is 815. The Kier molecular flexibility index (Phi) is 3.84. The molecule has 1 amide bonds. The van der Waals surface area contributed by atoms with E-state index in [0.717, 1.165) is 5.52 Å². The van der Waals surface area contributed by atoms with Crippen LogP contribution in [0, 0.1) is 0 Å². The van der Waals surface area contributed by atoms with Crippen LogP contribution in [0.3, 0.4) is 0 Å². The van der Waals surface area contributed by atoms with Gasteiger partial charge in [0.15, 0.2) is 0 Å². The third-order valence-corrected chi connectivity index (χ3v) is 3.16. The van der Waals surface area contributed by atoms with Crippen LogP contribution in [0.25, 0.3) is 11.0 Å². The number of aromatic nitrogens is 2. The first-order valence-corrected chi connectivity index (χ1v) is 6.80. The maximum absolute atomic E-state index is 11.2. The Morgan fingerprint density at radius 3 is 2.64 bits per heavy atom. The molecule has 0 saturated carbocycles. The summed E-state index contributed by atoms with van der Waals surface area (Å²) in [5, 5.41) is 3.12. The summed E-state index contributed by atoms with van der Waals surface area (Å²) < 4.78 is 10.3. The van der Waals surface area contributed by atoms with Crippen LogP contribution in [0.2, 0.25) is 5.02 Å². The smallest absolute Gasteiger partial charge is 0.413 e. The second kappa shape index (κ2) is 5.95. The van der Waals surface area contributed by atoms with Crippen LogP contribution in [0.5, 0.6) is 11.5 Å². The van der Waals surface area contributed by atoms with Gasteiger partial charge < -0.3 is 14.5 Å². The Labute approximate surface area is 131 Å². The van der Waals surface area contributed by atoms with Gasteiger partial charge in [-0.25, -0.2) is 9.78 Å². The number of rotatable bonds is 3. The number of hydrogen-bond acceptors (Lipinski definition) is 4. The molecule has 3 aromatic rings. The lowest BCUT2D eigenvalue weighted by molar-refractivity contribution is 0.186. The van der Waals surface area contributed by atoms with E-state index in [1.807, 2.05) is 0 Å². The first-order chi connectivity index (χ1) is 10.6. The predicted molar refractivity (Wildman–Crippen MR) is 83.6 cm³/mol. The first-order valence-electron chi connectivity index (χ1n) is 6.42. The fraction of sp³-hybridized carbons (Fsp3) is 0.0667. The average molecular weight is 318 g/mol. The molecule has 0 saturated heterocycles. The van der Waals surface area contributed by atoms with Crippen molar-refractivity contribution in [1.82, 2.24) is 9.97 Å². The molecule has 0 aliphatic heterocycles. The van der Waals surface area contributed by atoms with Gasteiger partial charge in [-0.1, -0.05) is 11.6 Å². The summed E-state index contributed by atoms with van der Waals surface area (Å²) in [5.74, 6) is 1.63. The molecule has 22 heavy (non-hydrogen) atoms. The molecule has 6 nitrogen and oxygen atoms in total. The summed E-state index contributed by atoms with van der Waals surface area (Å²) in [6, 6.07) is 12.4. The van der Waals surface area contributed by atoms with E-state index in [1.54, 1.807) is 42.5 Å². The molecule has 112 valence electrons. The number of carbonyl (C=O) groups is 1. The van der Waals surface area contributed by atoms with Gasteiger partial charge in [-0.3, -0.25) is 5.32 Å². The number of imidazole rings is 1. The van der Waals surface area contributed by atoms with Gasteiger partial charge in [0.05, 0.1) is 18.1 Å². The van der Waals surface area contributed by atoms with E-state index >= 15 is 0 Å². The fourth-order valence-corrected chi connectivity index (χ4v) is 2.02. The van der Waals surface area contributed by atoms with Gasteiger partial charge in [-0.05, 0) is 36.4 Å². The van der Waals surface area contributed by atoms with Gasteiger partial charge in [0.2, 0.25) is 5.95 Å². The van der Waals surface area contributed by atoms with Crippen molar-refractivity contribution in [2.24, 2.45) is 0 Å². The van der Waals surface area contributed by atoms with Crippen LogP contribution >= 0.6 is 11.6 Å². The minimum Gasteiger partial charge on any atom is -0.457 e. The normalized spacial score (nSPS) is 10.5. The third-order valence-electron chi connectivity index (χ3n) is 2.91. The predicted octanol–water partition coefficient (Wildman–Crippen LogP) is 4.19. The summed E-state index contributed by atoms with van der Waals surface area (Å²) in [5.41, 5.74) is 1.44. The van der Waals surface area contributed by atoms with E-state index in [1.165, 1.54) is 7.11 Å². The highest BCUT2D eigenvalue weighted by atomic mass is 35.5. The molecule has 1 heterocycles. The van der Waals surface area contributed by atoms with E-state index in [9.17, 15) is 4.79 Å². The number of methoxy groups -OCH3 is 1. The monoisotopic (exact) mass is 317 g/mol. The Balaban J connectivity index is 1.83. The van der Waals surface area contributed by atoms with Crippen LogP contribution in [0.4, 0.5) is 10.7 Å². The summed E-state index contributed by atoms with van der Waals surface area (Å²) in [6.45, 7) is 0. The number of halogens is 1. The number of aromatic amines is 1. The fourth-order valence-electron chi connectivity index (χ4n) is 1.90. The van der Waals surface area contributed by atoms with Crippen molar-refractivity contribution < 1.29 is 14.3 Å². The zero-order valence-electron chi connectivity index (χ0n) is 11.6. The molecule has 0 bridgehead atoms. The van der Waals surface area contributed by atoms with Crippen molar-refractivity contribution in [1.29, 1.82) is 0 Å². The zero-order chi connectivity index (χ0) is 15.5. The van der Waals surface area contributed by atoms with Gasteiger partial charge in [-0.2, -0.15) is 0 Å². The number of nitrogens with zero attached hydrogens (tertiary/aromatic N) is 1. The standard InChI is InChI=1S/C15H12ClN3O3/c1-21-15(20)19-14-17-12-7-6-11(8-13(12)18-14)22-10-4-2-9(16)3-5-10/h2-8H,1H3,(H2,17,18,19,20). The van der Waals surface area contributed by atoms with Crippen molar-refractivity contribution in [3.63, 3.8) is 0 Å². The molecular formula is C15H12ClN3O3. The van der Waals surface area contributed by atoms with Gasteiger partial charge in [0.25, 0.3) is 0 Å². The Hall–Kier alpha value is -2.73. The molecule has 2 N–H and O–H groups in total. The molecule has 0 atom stereocenters. The van der Waals surface area contributed by atoms with E-state index in [2.05, 4.69) is 20.0 Å². The van der Waals surface area contributed by atoms with E-state index < -0.39 is 6.09 Å². The number of hydrogen-bond donors (Lipinski definition) is 2. The summed E-state index contributed by atoms with van der Waals surface area (Å²) in [6.07, 6.45) is -0.586. The van der Waals surface area contributed by atoms with E-state index in [4.69, 9.17) is 16.3 Å². The molecule has 7 heteroatoms. The van der Waals surface area contributed by atoms with Crippen LogP contribution < -0.4 is 10.1 Å². The highest BCUT2D eigenvalue weighted by molar-refractivity contribution is 6.30. The molecule has 0 unspecified atom stereocenters. The lowest BCUT2D eigenvalue weighted by Crippen LogP contribution is -2.11. The Morgan fingerprint density at radius 1 is 1.18 bits per heavy atom. The van der Waals surface area contributed by atoms with Crippen LogP contribution in [0.1, 0.15) is 0 Å². The topological polar surface area (TPSA) is 76.2 Å². The lowest BCUT2D eigenvalue weighted by atomic mass is 10.3. The molecule has 0 fully saturated rings. The molecule has 3 rings (SSSR count). The van der Waals surface area contributed by atoms with Gasteiger partial charge in [0, 0.05) is 11.1 Å². The number of benzene rings is 2. The Morgan fingerprint density at radius 2 is 1.91 bits per heavy atom. The number of anilines is 1. The molecule has 1 aromatic heterocycles. The average Bonchev–Trinajstić information content (AvgIpc) is 2.91. The van der Waals surface area contributed by atoms with Crippen molar-refractivity contribution in [2.75, 3.05) is 12.4 Å². The molecule has 0 aliphatic carbocycles. The molecule has 0 spiro atoms. The van der Waals surface area contributed by atoms with Gasteiger partial charge in [-0.15, -0.1) is 0 Å². The highest BCUT2D eigenvalue weighted by Gasteiger charge is 2.08. The SMILES string of the molecule is COC(=O)Nc1nc2ccc(Oc3ccc(Cl)cc3)cc2[nH]1. The second-order valence-corrected chi connectivity index (χ2v) is 4.87. The highest BCUT2D eigenvalue weighted by Crippen LogP contribution is 2.26. The first kappa shape index (κ1) is 14.2. The number of ether oxygens (including phenoxy) is 2. The van der Waals surface area contributed by atoms with E-state index in [0.29, 0.717) is 28.0 Å². The largest absolute Gasteiger partial charge is 0.457 e. The zero-order valence-corrected chi connectivity index (χ0v) is 12.3. The van der Waals surface area contributed by atoms with Crippen LogP contribution in [-0.4, -0.2) is 23.2 Å². The molecule has 2 aromatic carbocycles. The third kappa shape index (κ3) is 3.12. The maximum atomic E-state index is 11.2. The molecule has 0 radical (unpaired) electrons. The summed E-state index contributed by atoms with van der Waals surface area (Å²) in [4.78, 5) is 18.4. The minimum atomic E-state index is -0.586. The molecule has 0 aliphatic rings. The van der Waals surface area contributed by atoms with Crippen LogP contribution in [0.15, 0.2) is 42.5 Å². The van der Waals surface area contributed by atoms with Crippen molar-refractivity contribution in [2.45, 2.75) is 0 Å². The quantitative estimate of drug-likeness (QED) is 0.759. The van der Waals surface area contributed by atoms with Gasteiger partial charge >= 0.3 is 6.09 Å².